The molecule has 1 aliphatic heterocycles. The van der Waals surface area contributed by atoms with Gasteiger partial charge in [-0.2, -0.15) is 0 Å². The molecule has 3 atom stereocenters. The predicted molar refractivity (Wildman–Crippen MR) is 96.3 cm³/mol. The average molecular weight is 338 g/mol. The predicted octanol–water partition coefficient (Wildman–Crippen LogP) is 3.37. The monoisotopic (exact) mass is 338 g/mol. The molecule has 2 aromatic heterocycles. The standard InChI is InChI=1S/C20H26N4O/c1-14(2)19-22-8-10-24(19)16-6-4-9-23(13-16)20(25)18-11-17(18)15-5-3-7-21-12-15/h3,5,7-8,10,12,14,16-18H,4,6,9,11,13H2,1-2H3/t16-,17-,18-/m1/s1. The minimum atomic E-state index is 0.148. The van der Waals surface area contributed by atoms with E-state index >= 15 is 0 Å². The zero-order valence-electron chi connectivity index (χ0n) is 15.0. The molecule has 2 fully saturated rings. The van der Waals surface area contributed by atoms with E-state index in [1.165, 1.54) is 5.56 Å². The van der Waals surface area contributed by atoms with Gasteiger partial charge in [-0.3, -0.25) is 9.78 Å². The number of hydrogen-bond donors (Lipinski definition) is 0. The summed E-state index contributed by atoms with van der Waals surface area (Å²) in [7, 11) is 0. The number of hydrogen-bond acceptors (Lipinski definition) is 3. The van der Waals surface area contributed by atoms with Gasteiger partial charge in [0.2, 0.25) is 5.91 Å². The van der Waals surface area contributed by atoms with Crippen molar-refractivity contribution in [2.45, 2.75) is 51.0 Å². The Balaban J connectivity index is 1.43. The Morgan fingerprint density at radius 2 is 2.20 bits per heavy atom. The summed E-state index contributed by atoms with van der Waals surface area (Å²) in [6.07, 6.45) is 10.8. The van der Waals surface area contributed by atoms with Crippen LogP contribution in [0.3, 0.4) is 0 Å². The molecule has 2 aromatic rings. The highest BCUT2D eigenvalue weighted by Gasteiger charge is 2.46. The van der Waals surface area contributed by atoms with Crippen LogP contribution in [-0.2, 0) is 4.79 Å². The molecule has 1 aliphatic carbocycles. The highest BCUT2D eigenvalue weighted by Crippen LogP contribution is 2.48. The first-order valence-corrected chi connectivity index (χ1v) is 9.36. The third kappa shape index (κ3) is 3.20. The number of amides is 1. The van der Waals surface area contributed by atoms with Gasteiger partial charge >= 0.3 is 0 Å². The molecule has 25 heavy (non-hydrogen) atoms. The van der Waals surface area contributed by atoms with Crippen molar-refractivity contribution >= 4 is 5.91 Å². The number of rotatable bonds is 4. The van der Waals surface area contributed by atoms with Crippen molar-refractivity contribution in [1.29, 1.82) is 0 Å². The Morgan fingerprint density at radius 1 is 1.32 bits per heavy atom. The first kappa shape index (κ1) is 16.3. The van der Waals surface area contributed by atoms with Gasteiger partial charge in [0.25, 0.3) is 0 Å². The third-order valence-corrected chi connectivity index (χ3v) is 5.54. The van der Waals surface area contributed by atoms with Crippen molar-refractivity contribution < 1.29 is 4.79 Å². The average Bonchev–Trinajstić information content (AvgIpc) is 3.29. The van der Waals surface area contributed by atoms with Crippen molar-refractivity contribution in [3.63, 3.8) is 0 Å². The van der Waals surface area contributed by atoms with Crippen LogP contribution in [0.1, 0.15) is 62.4 Å². The Labute approximate surface area is 149 Å². The van der Waals surface area contributed by atoms with Crippen molar-refractivity contribution in [2.24, 2.45) is 5.92 Å². The summed E-state index contributed by atoms with van der Waals surface area (Å²) < 4.78 is 2.29. The van der Waals surface area contributed by atoms with Gasteiger partial charge in [-0.25, -0.2) is 4.98 Å². The molecule has 2 aliphatic rings. The van der Waals surface area contributed by atoms with Gasteiger partial charge in [0, 0.05) is 49.7 Å². The number of likely N-dealkylation sites (tertiary alicyclic amines) is 1. The van der Waals surface area contributed by atoms with E-state index in [-0.39, 0.29) is 5.92 Å². The normalized spacial score (nSPS) is 26.0. The van der Waals surface area contributed by atoms with Crippen LogP contribution in [0.25, 0.3) is 0 Å². The van der Waals surface area contributed by atoms with E-state index in [2.05, 4.69) is 45.5 Å². The smallest absolute Gasteiger partial charge is 0.226 e. The van der Waals surface area contributed by atoms with Gasteiger partial charge in [0.1, 0.15) is 5.82 Å². The zero-order valence-corrected chi connectivity index (χ0v) is 15.0. The molecule has 0 N–H and O–H groups in total. The number of aromatic nitrogens is 3. The number of carbonyl (C=O) groups excluding carboxylic acids is 1. The molecule has 0 unspecified atom stereocenters. The number of nitrogens with zero attached hydrogens (tertiary/aromatic N) is 4. The number of pyridine rings is 1. The fourth-order valence-electron chi connectivity index (χ4n) is 4.13. The molecule has 0 aromatic carbocycles. The quantitative estimate of drug-likeness (QED) is 0.859. The second kappa shape index (κ2) is 6.62. The maximum atomic E-state index is 13.0. The largest absolute Gasteiger partial charge is 0.340 e. The number of piperidine rings is 1. The van der Waals surface area contributed by atoms with E-state index in [4.69, 9.17) is 0 Å². The fraction of sp³-hybridized carbons (Fsp3) is 0.550. The van der Waals surface area contributed by atoms with Crippen molar-refractivity contribution in [1.82, 2.24) is 19.4 Å². The molecule has 0 bridgehead atoms. The van der Waals surface area contributed by atoms with Crippen molar-refractivity contribution in [3.8, 4) is 0 Å². The van der Waals surface area contributed by atoms with Crippen molar-refractivity contribution in [3.05, 3.63) is 48.3 Å². The Hall–Kier alpha value is -2.17. The summed E-state index contributed by atoms with van der Waals surface area (Å²) in [5.74, 6) is 2.36. The molecule has 0 spiro atoms. The Bertz CT molecular complexity index is 739. The van der Waals surface area contributed by atoms with Crippen LogP contribution in [0.5, 0.6) is 0 Å². The van der Waals surface area contributed by atoms with Crippen LogP contribution in [0.15, 0.2) is 36.9 Å². The van der Waals surface area contributed by atoms with Crippen LogP contribution < -0.4 is 0 Å². The minimum Gasteiger partial charge on any atom is -0.340 e. The molecule has 4 rings (SSSR count). The van der Waals surface area contributed by atoms with Gasteiger partial charge in [0.15, 0.2) is 0 Å². The van der Waals surface area contributed by atoms with E-state index in [0.717, 1.165) is 38.2 Å². The van der Waals surface area contributed by atoms with E-state index in [1.54, 1.807) is 6.20 Å². The van der Waals surface area contributed by atoms with E-state index < -0.39 is 0 Å². The summed E-state index contributed by atoms with van der Waals surface area (Å²) >= 11 is 0. The molecular formula is C20H26N4O. The summed E-state index contributed by atoms with van der Waals surface area (Å²) in [4.78, 5) is 23.7. The molecular weight excluding hydrogens is 312 g/mol. The Kier molecular flexibility index (Phi) is 4.32. The number of imidazole rings is 1. The van der Waals surface area contributed by atoms with Gasteiger partial charge in [-0.15, -0.1) is 0 Å². The maximum absolute atomic E-state index is 13.0. The molecule has 1 saturated carbocycles. The molecule has 3 heterocycles. The highest BCUT2D eigenvalue weighted by molar-refractivity contribution is 5.83. The SMILES string of the molecule is CC(C)c1nccn1[C@@H]1CCCN(C(=O)[C@@H]2C[C@@H]2c2cccnc2)C1. The van der Waals surface area contributed by atoms with Crippen molar-refractivity contribution in [2.75, 3.05) is 13.1 Å². The zero-order chi connectivity index (χ0) is 17.4. The molecule has 0 radical (unpaired) electrons. The summed E-state index contributed by atoms with van der Waals surface area (Å²) in [6, 6.07) is 4.40. The Morgan fingerprint density at radius 3 is 2.96 bits per heavy atom. The summed E-state index contributed by atoms with van der Waals surface area (Å²) in [5.41, 5.74) is 1.20. The van der Waals surface area contributed by atoms with Gasteiger partial charge in [-0.1, -0.05) is 19.9 Å². The first-order chi connectivity index (χ1) is 12.1. The van der Waals surface area contributed by atoms with Gasteiger partial charge in [-0.05, 0) is 36.8 Å². The third-order valence-electron chi connectivity index (χ3n) is 5.54. The second-order valence-electron chi connectivity index (χ2n) is 7.66. The van der Waals surface area contributed by atoms with Gasteiger partial charge < -0.3 is 9.47 Å². The molecule has 5 heteroatoms. The summed E-state index contributed by atoms with van der Waals surface area (Å²) in [6.45, 7) is 6.04. The fourth-order valence-corrected chi connectivity index (χ4v) is 4.13. The van der Waals surface area contributed by atoms with Crippen LogP contribution in [0, 0.1) is 5.92 Å². The van der Waals surface area contributed by atoms with E-state index in [0.29, 0.717) is 23.8 Å². The molecule has 132 valence electrons. The van der Waals surface area contributed by atoms with Crippen LogP contribution >= 0.6 is 0 Å². The lowest BCUT2D eigenvalue weighted by Crippen LogP contribution is -2.42. The van der Waals surface area contributed by atoms with Crippen LogP contribution in [-0.4, -0.2) is 38.4 Å². The molecule has 1 saturated heterocycles. The lowest BCUT2D eigenvalue weighted by Gasteiger charge is -2.34. The van der Waals surface area contributed by atoms with E-state index in [1.807, 2.05) is 18.5 Å². The number of carbonyl (C=O) groups is 1. The second-order valence-corrected chi connectivity index (χ2v) is 7.66. The van der Waals surface area contributed by atoms with E-state index in [9.17, 15) is 4.79 Å². The minimum absolute atomic E-state index is 0.148. The summed E-state index contributed by atoms with van der Waals surface area (Å²) in [5, 5.41) is 0. The van der Waals surface area contributed by atoms with Crippen LogP contribution in [0.4, 0.5) is 0 Å². The topological polar surface area (TPSA) is 51.0 Å². The first-order valence-electron chi connectivity index (χ1n) is 9.36. The van der Waals surface area contributed by atoms with Gasteiger partial charge in [0.05, 0.1) is 6.04 Å². The molecule has 5 nitrogen and oxygen atoms in total. The molecule has 1 amide bonds. The van der Waals surface area contributed by atoms with Crippen LogP contribution in [0.2, 0.25) is 0 Å². The maximum Gasteiger partial charge on any atom is 0.226 e. The lowest BCUT2D eigenvalue weighted by molar-refractivity contribution is -0.134. The highest BCUT2D eigenvalue weighted by atomic mass is 16.2. The lowest BCUT2D eigenvalue weighted by atomic mass is 10.0.